The van der Waals surface area contributed by atoms with Crippen LogP contribution in [0.15, 0.2) is 60.7 Å². The maximum absolute atomic E-state index is 5.79. The molecular weight excluding hydrogens is 392 g/mol. The summed E-state index contributed by atoms with van der Waals surface area (Å²) in [4.78, 5) is 0. The van der Waals surface area contributed by atoms with E-state index in [0.717, 1.165) is 34.6 Å². The van der Waals surface area contributed by atoms with Gasteiger partial charge in [-0.25, -0.2) is 0 Å². The first-order valence-electron chi connectivity index (χ1n) is 8.55. The lowest BCUT2D eigenvalue weighted by Gasteiger charge is -2.03. The lowest BCUT2D eigenvalue weighted by molar-refractivity contribution is 0.295. The van der Waals surface area contributed by atoms with Crippen LogP contribution >= 0.6 is 23.5 Å². The van der Waals surface area contributed by atoms with Crippen LogP contribution < -0.4 is 9.47 Å². The van der Waals surface area contributed by atoms with E-state index >= 15 is 0 Å². The summed E-state index contributed by atoms with van der Waals surface area (Å²) in [5.41, 5.74) is 3.46. The zero-order chi connectivity index (χ0) is 19.0. The van der Waals surface area contributed by atoms with E-state index in [0.29, 0.717) is 36.4 Å². The van der Waals surface area contributed by atoms with Gasteiger partial charge in [0.25, 0.3) is 11.8 Å². The molecule has 28 heavy (non-hydrogen) atoms. The summed E-state index contributed by atoms with van der Waals surface area (Å²) in [7, 11) is 0. The molecule has 0 spiro atoms. The van der Waals surface area contributed by atoms with Crippen molar-refractivity contribution in [2.75, 3.05) is 0 Å². The molecule has 6 nitrogen and oxygen atoms in total. The molecule has 0 aliphatic heterocycles. The van der Waals surface area contributed by atoms with E-state index in [1.54, 1.807) is 0 Å². The van der Waals surface area contributed by atoms with E-state index in [1.807, 2.05) is 72.8 Å². The molecule has 0 saturated carbocycles. The molecule has 140 valence electrons. The normalized spacial score (nSPS) is 11.0. The van der Waals surface area contributed by atoms with E-state index in [1.165, 1.54) is 0 Å². The van der Waals surface area contributed by atoms with Crippen molar-refractivity contribution in [3.8, 4) is 11.8 Å². The molecule has 0 saturated heterocycles. The van der Waals surface area contributed by atoms with E-state index in [-0.39, 0.29) is 0 Å². The van der Waals surface area contributed by atoms with Crippen LogP contribution in [0, 0.1) is 0 Å². The molecule has 0 bridgehead atoms. The molecular formula is C20H16N4O2S2. The number of hydrogen-bond acceptors (Lipinski definition) is 8. The van der Waals surface area contributed by atoms with Gasteiger partial charge in [0.2, 0.25) is 0 Å². The Morgan fingerprint density at radius 3 is 1.46 bits per heavy atom. The average Bonchev–Trinajstić information content (AvgIpc) is 3.39. The number of benzene rings is 2. The molecule has 2 heterocycles. The van der Waals surface area contributed by atoms with Crippen molar-refractivity contribution in [1.29, 1.82) is 0 Å². The van der Waals surface area contributed by atoms with Gasteiger partial charge in [0.05, 0.1) is 23.5 Å². The third kappa shape index (κ3) is 4.79. The molecule has 0 fully saturated rings. The highest BCUT2D eigenvalue weighted by atomic mass is 32.1. The number of hydrogen-bond donors (Lipinski definition) is 0. The van der Waals surface area contributed by atoms with E-state index in [2.05, 4.69) is 17.5 Å². The third-order valence-electron chi connectivity index (χ3n) is 3.80. The minimum atomic E-state index is 0.441. The molecule has 0 atom stereocenters. The van der Waals surface area contributed by atoms with Gasteiger partial charge in [-0.2, -0.15) is 8.75 Å². The quantitative estimate of drug-likeness (QED) is 0.420. The second-order valence-electron chi connectivity index (χ2n) is 5.79. The molecule has 2 aromatic carbocycles. The van der Waals surface area contributed by atoms with Gasteiger partial charge < -0.3 is 9.47 Å². The van der Waals surface area contributed by atoms with E-state index in [4.69, 9.17) is 9.47 Å². The first-order valence-corrected chi connectivity index (χ1v) is 10.0. The van der Waals surface area contributed by atoms with Crippen molar-refractivity contribution in [1.82, 2.24) is 17.5 Å². The van der Waals surface area contributed by atoms with Crippen molar-refractivity contribution >= 4 is 35.6 Å². The highest BCUT2D eigenvalue weighted by Gasteiger charge is 2.10. The molecule has 0 radical (unpaired) electrons. The molecule has 0 unspecified atom stereocenters. The lowest BCUT2D eigenvalue weighted by atomic mass is 10.2. The molecule has 2 aromatic heterocycles. The SMILES string of the molecule is C(=C\c1nsnc1OCc1ccccc1)/c1nsnc1OCc1ccccc1. The highest BCUT2D eigenvalue weighted by molar-refractivity contribution is 6.99. The summed E-state index contributed by atoms with van der Waals surface area (Å²) in [6.45, 7) is 0.883. The summed E-state index contributed by atoms with van der Waals surface area (Å²) < 4.78 is 28.6. The Balaban J connectivity index is 1.40. The Morgan fingerprint density at radius 1 is 0.607 bits per heavy atom. The van der Waals surface area contributed by atoms with Gasteiger partial charge in [0, 0.05) is 0 Å². The number of nitrogens with zero attached hydrogens (tertiary/aromatic N) is 4. The van der Waals surface area contributed by atoms with Gasteiger partial charge in [-0.15, -0.1) is 8.75 Å². The maximum Gasteiger partial charge on any atom is 0.253 e. The van der Waals surface area contributed by atoms with Gasteiger partial charge >= 0.3 is 0 Å². The minimum Gasteiger partial charge on any atom is -0.471 e. The topological polar surface area (TPSA) is 70.0 Å². The molecule has 0 aliphatic rings. The maximum atomic E-state index is 5.79. The summed E-state index contributed by atoms with van der Waals surface area (Å²) in [5.74, 6) is 1.00. The minimum absolute atomic E-state index is 0.441. The molecule has 4 rings (SSSR count). The van der Waals surface area contributed by atoms with E-state index < -0.39 is 0 Å². The van der Waals surface area contributed by atoms with Crippen molar-refractivity contribution in [3.05, 3.63) is 83.2 Å². The van der Waals surface area contributed by atoms with Crippen LogP contribution in [0.3, 0.4) is 0 Å². The zero-order valence-electron chi connectivity index (χ0n) is 14.8. The zero-order valence-corrected chi connectivity index (χ0v) is 16.4. The highest BCUT2D eigenvalue weighted by Crippen LogP contribution is 2.23. The third-order valence-corrected chi connectivity index (χ3v) is 4.85. The van der Waals surface area contributed by atoms with Crippen molar-refractivity contribution in [3.63, 3.8) is 0 Å². The van der Waals surface area contributed by atoms with Crippen molar-refractivity contribution in [2.45, 2.75) is 13.2 Å². The Hall–Kier alpha value is -3.10. The summed E-state index contributed by atoms with van der Waals surface area (Å²) in [5, 5.41) is 0. The van der Waals surface area contributed by atoms with E-state index in [9.17, 15) is 0 Å². The Labute approximate surface area is 170 Å². The Kier molecular flexibility index (Phi) is 6.01. The monoisotopic (exact) mass is 408 g/mol. The van der Waals surface area contributed by atoms with Gasteiger partial charge in [-0.1, -0.05) is 60.7 Å². The van der Waals surface area contributed by atoms with Crippen LogP contribution in [0.1, 0.15) is 22.5 Å². The summed E-state index contributed by atoms with van der Waals surface area (Å²) >= 11 is 2.22. The summed E-state index contributed by atoms with van der Waals surface area (Å²) in [6.07, 6.45) is 3.63. The second-order valence-corrected chi connectivity index (χ2v) is 6.85. The lowest BCUT2D eigenvalue weighted by Crippen LogP contribution is -1.97. The van der Waals surface area contributed by atoms with Crippen molar-refractivity contribution in [2.24, 2.45) is 0 Å². The first-order chi connectivity index (χ1) is 13.9. The van der Waals surface area contributed by atoms with Gasteiger partial charge in [-0.05, 0) is 23.3 Å². The van der Waals surface area contributed by atoms with Gasteiger partial charge in [0.1, 0.15) is 24.6 Å². The molecule has 8 heteroatoms. The van der Waals surface area contributed by atoms with Crippen LogP contribution in [0.5, 0.6) is 11.8 Å². The van der Waals surface area contributed by atoms with Crippen LogP contribution in [-0.2, 0) is 13.2 Å². The Morgan fingerprint density at radius 2 is 1.04 bits per heavy atom. The smallest absolute Gasteiger partial charge is 0.253 e. The molecule has 0 N–H and O–H groups in total. The predicted octanol–water partition coefficient (Wildman–Crippen LogP) is 4.72. The Bertz CT molecular complexity index is 949. The molecule has 4 aromatic rings. The number of ether oxygens (including phenoxy) is 2. The summed E-state index contributed by atoms with van der Waals surface area (Å²) in [6, 6.07) is 19.9. The van der Waals surface area contributed by atoms with Gasteiger partial charge in [-0.3, -0.25) is 0 Å². The second kappa shape index (κ2) is 9.20. The molecule has 0 aliphatic carbocycles. The predicted molar refractivity (Wildman–Crippen MR) is 110 cm³/mol. The van der Waals surface area contributed by atoms with Crippen LogP contribution in [0.2, 0.25) is 0 Å². The fourth-order valence-corrected chi connectivity index (χ4v) is 3.36. The first kappa shape index (κ1) is 18.3. The average molecular weight is 409 g/mol. The van der Waals surface area contributed by atoms with Crippen molar-refractivity contribution < 1.29 is 9.47 Å². The number of aromatic nitrogens is 4. The largest absolute Gasteiger partial charge is 0.471 e. The van der Waals surface area contributed by atoms with Crippen LogP contribution in [0.25, 0.3) is 12.2 Å². The van der Waals surface area contributed by atoms with Crippen LogP contribution in [-0.4, -0.2) is 17.5 Å². The molecule has 0 amide bonds. The van der Waals surface area contributed by atoms with Gasteiger partial charge in [0.15, 0.2) is 0 Å². The fourth-order valence-electron chi connectivity index (χ4n) is 2.39. The number of rotatable bonds is 8. The fraction of sp³-hybridized carbons (Fsp3) is 0.100. The van der Waals surface area contributed by atoms with Crippen LogP contribution in [0.4, 0.5) is 0 Å². The standard InChI is InChI=1S/C20H16N4O2S2/c1-3-7-15(8-4-1)13-25-19-17(21-27-23-19)11-12-18-20(24-28-22-18)26-14-16-9-5-2-6-10-16/h1-12H,13-14H2/b12-11+.